The number of hydrogen-bond donors (Lipinski definition) is 2. The van der Waals surface area contributed by atoms with Crippen LogP contribution in [0.5, 0.6) is 0 Å². The maximum atomic E-state index is 3.59. The normalized spacial score (nSPS) is 13.3. The third-order valence-electron chi connectivity index (χ3n) is 3.65. The largest absolute Gasteiger partial charge is 0.357 e. The Morgan fingerprint density at radius 3 is 2.63 bits per heavy atom. The molecule has 0 radical (unpaired) electrons. The number of rotatable bonds is 7. The molecule has 2 N–H and O–H groups in total. The van der Waals surface area contributed by atoms with E-state index in [9.17, 15) is 0 Å². The number of hydrogen-bond acceptors (Lipinski definition) is 2. The van der Waals surface area contributed by atoms with Crippen molar-refractivity contribution in [2.24, 2.45) is 0 Å². The lowest BCUT2D eigenvalue weighted by Gasteiger charge is -2.23. The van der Waals surface area contributed by atoms with Gasteiger partial charge in [0, 0.05) is 30.3 Å². The Kier molecular flexibility index (Phi) is 5.00. The number of aromatic amines is 1. The number of nitrogens with zero attached hydrogens (tertiary/aromatic N) is 1. The number of aromatic nitrogens is 1. The molecule has 2 aromatic rings. The Morgan fingerprint density at radius 2 is 1.95 bits per heavy atom. The summed E-state index contributed by atoms with van der Waals surface area (Å²) in [4.78, 5) is 5.90. The summed E-state index contributed by atoms with van der Waals surface area (Å²) in [6.07, 6.45) is 0. The van der Waals surface area contributed by atoms with E-state index >= 15 is 0 Å². The minimum Gasteiger partial charge on any atom is -0.357 e. The summed E-state index contributed by atoms with van der Waals surface area (Å²) in [5.41, 5.74) is 2.48. The summed E-state index contributed by atoms with van der Waals surface area (Å²) >= 11 is 0. The Balaban J connectivity index is 1.87. The van der Waals surface area contributed by atoms with Gasteiger partial charge in [-0.3, -0.25) is 0 Å². The molecule has 0 saturated heterocycles. The summed E-state index contributed by atoms with van der Waals surface area (Å²) < 4.78 is 0. The Morgan fingerprint density at radius 1 is 1.21 bits per heavy atom. The van der Waals surface area contributed by atoms with Crippen molar-refractivity contribution in [1.29, 1.82) is 0 Å². The van der Waals surface area contributed by atoms with Crippen molar-refractivity contribution in [3.8, 4) is 0 Å². The van der Waals surface area contributed by atoms with E-state index in [4.69, 9.17) is 0 Å². The van der Waals surface area contributed by atoms with Gasteiger partial charge < -0.3 is 15.2 Å². The second kappa shape index (κ2) is 6.73. The molecule has 104 valence electrons. The van der Waals surface area contributed by atoms with E-state index in [-0.39, 0.29) is 0 Å². The Labute approximate surface area is 116 Å². The van der Waals surface area contributed by atoms with E-state index in [0.29, 0.717) is 6.04 Å². The molecule has 0 aliphatic rings. The van der Waals surface area contributed by atoms with Gasteiger partial charge in [0.2, 0.25) is 0 Å². The first-order valence-electron chi connectivity index (χ1n) is 7.25. The van der Waals surface area contributed by atoms with Crippen molar-refractivity contribution >= 4 is 10.9 Å². The second-order valence-corrected chi connectivity index (χ2v) is 5.15. The van der Waals surface area contributed by atoms with Crippen LogP contribution in [0.2, 0.25) is 0 Å². The highest BCUT2D eigenvalue weighted by molar-refractivity contribution is 5.80. The van der Waals surface area contributed by atoms with Gasteiger partial charge in [0.25, 0.3) is 0 Å². The fourth-order valence-electron chi connectivity index (χ4n) is 2.45. The zero-order chi connectivity index (χ0) is 13.7. The summed E-state index contributed by atoms with van der Waals surface area (Å²) in [6.45, 7) is 10.9. The van der Waals surface area contributed by atoms with Gasteiger partial charge in [0.05, 0.1) is 0 Å². The van der Waals surface area contributed by atoms with E-state index in [1.807, 2.05) is 0 Å². The summed E-state index contributed by atoms with van der Waals surface area (Å²) in [5, 5.41) is 4.87. The van der Waals surface area contributed by atoms with E-state index in [1.165, 1.54) is 16.6 Å². The summed E-state index contributed by atoms with van der Waals surface area (Å²) in [6, 6.07) is 11.2. The minimum atomic E-state index is 0.506. The van der Waals surface area contributed by atoms with Crippen molar-refractivity contribution in [1.82, 2.24) is 15.2 Å². The molecule has 1 aromatic heterocycles. The van der Waals surface area contributed by atoms with Crippen LogP contribution in [-0.4, -0.2) is 35.6 Å². The van der Waals surface area contributed by atoms with Gasteiger partial charge in [-0.15, -0.1) is 0 Å². The lowest BCUT2D eigenvalue weighted by molar-refractivity contribution is 0.270. The topological polar surface area (TPSA) is 31.1 Å². The molecule has 19 heavy (non-hydrogen) atoms. The molecule has 1 atom stereocenters. The van der Waals surface area contributed by atoms with Crippen molar-refractivity contribution in [3.05, 3.63) is 36.0 Å². The van der Waals surface area contributed by atoms with Gasteiger partial charge in [-0.1, -0.05) is 32.0 Å². The maximum absolute atomic E-state index is 3.59. The van der Waals surface area contributed by atoms with Crippen LogP contribution in [0.1, 0.15) is 26.5 Å². The molecule has 0 aliphatic heterocycles. The summed E-state index contributed by atoms with van der Waals surface area (Å²) in [5.74, 6) is 0. The van der Waals surface area contributed by atoms with Crippen molar-refractivity contribution in [2.45, 2.75) is 33.4 Å². The number of H-pyrrole nitrogens is 1. The molecule has 2 rings (SSSR count). The third-order valence-corrected chi connectivity index (χ3v) is 3.65. The van der Waals surface area contributed by atoms with Crippen LogP contribution in [0.3, 0.4) is 0 Å². The fourth-order valence-corrected chi connectivity index (χ4v) is 2.45. The molecule has 0 bridgehead atoms. The molecule has 3 nitrogen and oxygen atoms in total. The molecular formula is C16H25N3. The molecule has 0 fully saturated rings. The first-order valence-corrected chi connectivity index (χ1v) is 7.25. The number of likely N-dealkylation sites (N-methyl/N-ethyl adjacent to an activating group) is 1. The zero-order valence-electron chi connectivity index (χ0n) is 12.2. The predicted octanol–water partition coefficient (Wildman–Crippen LogP) is 2.99. The second-order valence-electron chi connectivity index (χ2n) is 5.15. The van der Waals surface area contributed by atoms with Crippen molar-refractivity contribution in [3.63, 3.8) is 0 Å². The van der Waals surface area contributed by atoms with E-state index in [0.717, 1.165) is 26.2 Å². The highest BCUT2D eigenvalue weighted by Crippen LogP contribution is 2.14. The zero-order valence-corrected chi connectivity index (χ0v) is 12.2. The van der Waals surface area contributed by atoms with Gasteiger partial charge in [-0.25, -0.2) is 0 Å². The van der Waals surface area contributed by atoms with Gasteiger partial charge in [-0.05, 0) is 37.5 Å². The van der Waals surface area contributed by atoms with Crippen LogP contribution in [0.4, 0.5) is 0 Å². The molecule has 0 amide bonds. The highest BCUT2D eigenvalue weighted by atomic mass is 15.1. The number of nitrogens with one attached hydrogen (secondary N) is 2. The smallest absolute Gasteiger partial charge is 0.0456 e. The quantitative estimate of drug-likeness (QED) is 0.801. The van der Waals surface area contributed by atoms with E-state index in [1.54, 1.807) is 0 Å². The van der Waals surface area contributed by atoms with E-state index in [2.05, 4.69) is 66.3 Å². The van der Waals surface area contributed by atoms with Crippen LogP contribution in [0, 0.1) is 0 Å². The van der Waals surface area contributed by atoms with Gasteiger partial charge >= 0.3 is 0 Å². The standard InChI is InChI=1S/C16H25N3/c1-4-19(5-2)12-13(3)17-11-15-10-14-8-6-7-9-16(14)18-15/h6-10,13,17-18H,4-5,11-12H2,1-3H3. The first-order chi connectivity index (χ1) is 9.22. The lowest BCUT2D eigenvalue weighted by Crippen LogP contribution is -2.38. The SMILES string of the molecule is CCN(CC)CC(C)NCc1cc2ccccc2[nH]1. The molecule has 0 aliphatic carbocycles. The number of para-hydroxylation sites is 1. The summed E-state index contributed by atoms with van der Waals surface area (Å²) in [7, 11) is 0. The molecule has 0 spiro atoms. The third kappa shape index (κ3) is 3.82. The van der Waals surface area contributed by atoms with E-state index < -0.39 is 0 Å². The predicted molar refractivity (Wildman–Crippen MR) is 82.4 cm³/mol. The fraction of sp³-hybridized carbons (Fsp3) is 0.500. The Bertz CT molecular complexity index is 466. The molecule has 1 aromatic carbocycles. The van der Waals surface area contributed by atoms with Crippen LogP contribution in [-0.2, 0) is 6.54 Å². The molecule has 0 saturated carbocycles. The van der Waals surface area contributed by atoms with Crippen LogP contribution < -0.4 is 5.32 Å². The van der Waals surface area contributed by atoms with Crippen molar-refractivity contribution in [2.75, 3.05) is 19.6 Å². The molecular weight excluding hydrogens is 234 g/mol. The van der Waals surface area contributed by atoms with Gasteiger partial charge in [0.15, 0.2) is 0 Å². The Hall–Kier alpha value is -1.32. The average Bonchev–Trinajstić information content (AvgIpc) is 2.85. The van der Waals surface area contributed by atoms with Gasteiger partial charge in [0.1, 0.15) is 0 Å². The minimum absolute atomic E-state index is 0.506. The first kappa shape index (κ1) is 14.1. The molecule has 1 unspecified atom stereocenters. The lowest BCUT2D eigenvalue weighted by atomic mass is 10.2. The van der Waals surface area contributed by atoms with Crippen LogP contribution >= 0.6 is 0 Å². The van der Waals surface area contributed by atoms with Gasteiger partial charge in [-0.2, -0.15) is 0 Å². The molecule has 1 heterocycles. The number of fused-ring (bicyclic) bond motifs is 1. The van der Waals surface area contributed by atoms with Crippen molar-refractivity contribution < 1.29 is 0 Å². The van der Waals surface area contributed by atoms with Crippen LogP contribution in [0.15, 0.2) is 30.3 Å². The monoisotopic (exact) mass is 259 g/mol. The average molecular weight is 259 g/mol. The number of benzene rings is 1. The molecule has 3 heteroatoms. The highest BCUT2D eigenvalue weighted by Gasteiger charge is 2.07. The maximum Gasteiger partial charge on any atom is 0.0456 e. The van der Waals surface area contributed by atoms with Crippen LogP contribution in [0.25, 0.3) is 10.9 Å².